The minimum Gasteiger partial charge on any atom is -0.315 e. The van der Waals surface area contributed by atoms with Gasteiger partial charge in [-0.25, -0.2) is 12.7 Å². The van der Waals surface area contributed by atoms with E-state index in [0.29, 0.717) is 25.9 Å². The molecule has 0 saturated carbocycles. The fourth-order valence-electron chi connectivity index (χ4n) is 3.42. The van der Waals surface area contributed by atoms with Crippen LogP contribution in [0, 0.1) is 12.8 Å². The fraction of sp³-hybridized carbons (Fsp3) is 0.381. The van der Waals surface area contributed by atoms with Crippen molar-refractivity contribution in [2.75, 3.05) is 25.0 Å². The molecule has 2 aromatic rings. The molecule has 2 aromatic carbocycles. The third-order valence-corrected chi connectivity index (χ3v) is 6.99. The zero-order valence-electron chi connectivity index (χ0n) is 15.8. The monoisotopic (exact) mass is 386 g/mol. The van der Waals surface area contributed by atoms with Crippen LogP contribution in [-0.4, -0.2) is 38.8 Å². The van der Waals surface area contributed by atoms with Gasteiger partial charge >= 0.3 is 0 Å². The second-order valence-electron chi connectivity index (χ2n) is 7.15. The highest BCUT2D eigenvalue weighted by molar-refractivity contribution is 7.88. The van der Waals surface area contributed by atoms with E-state index in [9.17, 15) is 13.2 Å². The molecule has 0 radical (unpaired) electrons. The SMILES string of the molecule is Cc1ccc(CS(=O)(=O)N2CCC(C(=O)N(C)c3ccccc3)CC2)cc1. The Morgan fingerprint density at radius 3 is 2.22 bits per heavy atom. The summed E-state index contributed by atoms with van der Waals surface area (Å²) in [5, 5.41) is 0. The van der Waals surface area contributed by atoms with Gasteiger partial charge < -0.3 is 4.90 Å². The largest absolute Gasteiger partial charge is 0.315 e. The van der Waals surface area contributed by atoms with E-state index < -0.39 is 10.0 Å². The summed E-state index contributed by atoms with van der Waals surface area (Å²) in [6.07, 6.45) is 1.12. The van der Waals surface area contributed by atoms with E-state index in [4.69, 9.17) is 0 Å². The summed E-state index contributed by atoms with van der Waals surface area (Å²) in [6.45, 7) is 2.77. The minimum absolute atomic E-state index is 0.00973. The second-order valence-corrected chi connectivity index (χ2v) is 9.12. The van der Waals surface area contributed by atoms with Gasteiger partial charge in [-0.1, -0.05) is 48.0 Å². The van der Waals surface area contributed by atoms with Gasteiger partial charge in [0.25, 0.3) is 0 Å². The molecule has 6 heteroatoms. The van der Waals surface area contributed by atoms with E-state index in [2.05, 4.69) is 0 Å². The highest BCUT2D eigenvalue weighted by Gasteiger charge is 2.32. The molecule has 144 valence electrons. The van der Waals surface area contributed by atoms with E-state index in [-0.39, 0.29) is 17.6 Å². The van der Waals surface area contributed by atoms with Crippen molar-refractivity contribution < 1.29 is 13.2 Å². The van der Waals surface area contributed by atoms with Crippen molar-refractivity contribution in [2.24, 2.45) is 5.92 Å². The number of carbonyl (C=O) groups excluding carboxylic acids is 1. The van der Waals surface area contributed by atoms with Crippen LogP contribution in [0.5, 0.6) is 0 Å². The number of piperidine rings is 1. The molecule has 0 bridgehead atoms. The van der Waals surface area contributed by atoms with Crippen LogP contribution in [-0.2, 0) is 20.6 Å². The van der Waals surface area contributed by atoms with Crippen LogP contribution in [0.15, 0.2) is 54.6 Å². The van der Waals surface area contributed by atoms with Crippen LogP contribution in [0.3, 0.4) is 0 Å². The lowest BCUT2D eigenvalue weighted by atomic mass is 9.96. The van der Waals surface area contributed by atoms with Crippen molar-refractivity contribution in [3.05, 3.63) is 65.7 Å². The summed E-state index contributed by atoms with van der Waals surface area (Å²) in [5.41, 5.74) is 2.76. The van der Waals surface area contributed by atoms with E-state index in [1.54, 1.807) is 11.9 Å². The first kappa shape index (κ1) is 19.6. The molecule has 1 aliphatic rings. The Morgan fingerprint density at radius 2 is 1.63 bits per heavy atom. The summed E-state index contributed by atoms with van der Waals surface area (Å²) in [6, 6.07) is 17.1. The number of nitrogens with zero attached hydrogens (tertiary/aromatic N) is 2. The van der Waals surface area contributed by atoms with Crippen LogP contribution in [0.25, 0.3) is 0 Å². The Bertz CT molecular complexity index is 871. The third kappa shape index (κ3) is 4.76. The van der Waals surface area contributed by atoms with Gasteiger partial charge in [0.05, 0.1) is 5.75 Å². The molecule has 1 saturated heterocycles. The predicted octanol–water partition coefficient (Wildman–Crippen LogP) is 3.20. The molecule has 0 aliphatic carbocycles. The van der Waals surface area contributed by atoms with Gasteiger partial charge in [0.1, 0.15) is 0 Å². The van der Waals surface area contributed by atoms with Crippen LogP contribution in [0.2, 0.25) is 0 Å². The van der Waals surface area contributed by atoms with Gasteiger partial charge in [0.2, 0.25) is 15.9 Å². The van der Waals surface area contributed by atoms with Gasteiger partial charge in [-0.05, 0) is 37.5 Å². The number of para-hydroxylation sites is 1. The molecule has 1 amide bonds. The van der Waals surface area contributed by atoms with Crippen LogP contribution >= 0.6 is 0 Å². The highest BCUT2D eigenvalue weighted by atomic mass is 32.2. The Morgan fingerprint density at radius 1 is 1.04 bits per heavy atom. The average Bonchev–Trinajstić information content (AvgIpc) is 2.69. The minimum atomic E-state index is -3.36. The average molecular weight is 387 g/mol. The molecule has 1 aliphatic heterocycles. The molecule has 27 heavy (non-hydrogen) atoms. The van der Waals surface area contributed by atoms with Crippen molar-refractivity contribution in [1.82, 2.24) is 4.31 Å². The lowest BCUT2D eigenvalue weighted by Crippen LogP contribution is -2.43. The fourth-order valence-corrected chi connectivity index (χ4v) is 4.98. The van der Waals surface area contributed by atoms with Crippen molar-refractivity contribution in [1.29, 1.82) is 0 Å². The molecule has 1 fully saturated rings. The molecule has 0 aromatic heterocycles. The van der Waals surface area contributed by atoms with Gasteiger partial charge in [0, 0.05) is 31.7 Å². The van der Waals surface area contributed by atoms with E-state index in [1.165, 1.54) is 4.31 Å². The molecule has 1 heterocycles. The Balaban J connectivity index is 1.59. The molecule has 0 atom stereocenters. The van der Waals surface area contributed by atoms with Crippen molar-refractivity contribution in [2.45, 2.75) is 25.5 Å². The van der Waals surface area contributed by atoms with Crippen molar-refractivity contribution in [3.8, 4) is 0 Å². The summed E-state index contributed by atoms with van der Waals surface area (Å²) in [5.74, 6) is -0.0756. The van der Waals surface area contributed by atoms with E-state index >= 15 is 0 Å². The van der Waals surface area contributed by atoms with E-state index in [0.717, 1.165) is 16.8 Å². The van der Waals surface area contributed by atoms with Gasteiger partial charge in [-0.2, -0.15) is 0 Å². The zero-order chi connectivity index (χ0) is 19.4. The lowest BCUT2D eigenvalue weighted by Gasteiger charge is -2.32. The van der Waals surface area contributed by atoms with Gasteiger partial charge in [-0.3, -0.25) is 4.79 Å². The number of anilines is 1. The molecule has 5 nitrogen and oxygen atoms in total. The predicted molar refractivity (Wildman–Crippen MR) is 108 cm³/mol. The lowest BCUT2D eigenvalue weighted by molar-refractivity contribution is -0.123. The first-order valence-corrected chi connectivity index (χ1v) is 10.8. The number of benzene rings is 2. The molecule has 0 unspecified atom stereocenters. The standard InChI is InChI=1S/C21H26N2O3S/c1-17-8-10-18(11-9-17)16-27(25,26)23-14-12-19(13-15-23)21(24)22(2)20-6-4-3-5-7-20/h3-11,19H,12-16H2,1-2H3. The maximum absolute atomic E-state index is 12.7. The number of amides is 1. The number of carbonyl (C=O) groups is 1. The maximum atomic E-state index is 12.7. The van der Waals surface area contributed by atoms with Gasteiger partial charge in [-0.15, -0.1) is 0 Å². The summed E-state index contributed by atoms with van der Waals surface area (Å²) in [4.78, 5) is 14.4. The van der Waals surface area contributed by atoms with Crippen molar-refractivity contribution in [3.63, 3.8) is 0 Å². The maximum Gasteiger partial charge on any atom is 0.229 e. The van der Waals surface area contributed by atoms with E-state index in [1.807, 2.05) is 61.5 Å². The molecule has 3 rings (SSSR count). The smallest absolute Gasteiger partial charge is 0.229 e. The Hall–Kier alpha value is -2.18. The molecular formula is C21H26N2O3S. The molecular weight excluding hydrogens is 360 g/mol. The highest BCUT2D eigenvalue weighted by Crippen LogP contribution is 2.25. The Labute approximate surface area is 161 Å². The summed E-state index contributed by atoms with van der Waals surface area (Å²) < 4.78 is 26.9. The second kappa shape index (κ2) is 8.23. The van der Waals surface area contributed by atoms with Crippen LogP contribution in [0.1, 0.15) is 24.0 Å². The zero-order valence-corrected chi connectivity index (χ0v) is 16.7. The third-order valence-electron chi connectivity index (χ3n) is 5.14. The number of sulfonamides is 1. The number of aryl methyl sites for hydroxylation is 1. The first-order valence-electron chi connectivity index (χ1n) is 9.23. The quantitative estimate of drug-likeness (QED) is 0.793. The number of hydrogen-bond acceptors (Lipinski definition) is 3. The number of rotatable bonds is 5. The molecule has 0 spiro atoms. The van der Waals surface area contributed by atoms with Crippen LogP contribution in [0.4, 0.5) is 5.69 Å². The summed E-state index contributed by atoms with van der Waals surface area (Å²) in [7, 11) is -1.59. The Kier molecular flexibility index (Phi) is 5.97. The number of hydrogen-bond donors (Lipinski definition) is 0. The van der Waals surface area contributed by atoms with Gasteiger partial charge in [0.15, 0.2) is 0 Å². The topological polar surface area (TPSA) is 57.7 Å². The van der Waals surface area contributed by atoms with Crippen LogP contribution < -0.4 is 4.90 Å². The van der Waals surface area contributed by atoms with Crippen molar-refractivity contribution >= 4 is 21.6 Å². The molecule has 0 N–H and O–H groups in total. The first-order chi connectivity index (χ1) is 12.9. The summed E-state index contributed by atoms with van der Waals surface area (Å²) >= 11 is 0. The normalized spacial score (nSPS) is 16.2.